The van der Waals surface area contributed by atoms with Crippen LogP contribution in [0.15, 0.2) is 0 Å². The van der Waals surface area contributed by atoms with E-state index in [4.69, 9.17) is 18.9 Å². The highest BCUT2D eigenvalue weighted by molar-refractivity contribution is 7.47. The van der Waals surface area contributed by atoms with Gasteiger partial charge >= 0.3 is 7.82 Å². The van der Waals surface area contributed by atoms with E-state index in [1.165, 1.54) is 25.7 Å². The van der Waals surface area contributed by atoms with E-state index in [-0.39, 0.29) is 19.8 Å². The molecule has 0 saturated heterocycles. The fourth-order valence-electron chi connectivity index (χ4n) is 1.82. The number of rotatable bonds is 18. The summed E-state index contributed by atoms with van der Waals surface area (Å²) < 4.78 is 30.8. The second kappa shape index (κ2) is 16.8. The first-order valence-corrected chi connectivity index (χ1v) is 10.1. The topological polar surface area (TPSA) is 83.5 Å². The maximum Gasteiger partial charge on any atom is 0.499 e. The van der Waals surface area contributed by atoms with E-state index in [1.54, 1.807) is 0 Å². The van der Waals surface area contributed by atoms with Crippen molar-refractivity contribution < 1.29 is 33.0 Å². The predicted molar refractivity (Wildman–Crippen MR) is 88.1 cm³/mol. The highest BCUT2D eigenvalue weighted by Crippen LogP contribution is 2.43. The van der Waals surface area contributed by atoms with E-state index < -0.39 is 7.82 Å². The Hall–Kier alpha value is -0.0100. The number of phosphoric ester groups is 1. The molecular formula is C15H33O7P. The van der Waals surface area contributed by atoms with Crippen LogP contribution in [0.5, 0.6) is 0 Å². The lowest BCUT2D eigenvalue weighted by molar-refractivity contribution is -0.225. The molecule has 1 N–H and O–H groups in total. The molecule has 23 heavy (non-hydrogen) atoms. The third-order valence-electron chi connectivity index (χ3n) is 3.04. The van der Waals surface area contributed by atoms with Gasteiger partial charge in [-0.2, -0.15) is 0 Å². The molecular weight excluding hydrogens is 323 g/mol. The monoisotopic (exact) mass is 356 g/mol. The Balaban J connectivity index is 3.35. The van der Waals surface area contributed by atoms with Gasteiger partial charge in [0.05, 0.1) is 33.0 Å². The highest BCUT2D eigenvalue weighted by Gasteiger charge is 2.22. The maximum absolute atomic E-state index is 11.5. The standard InChI is InChI=1S/C15H33O7P/c1-3-5-6-7-8-9-10-11-20-22-23(16,17)21-15-14-19-13-12-18-4-2/h3-15H2,1-2H3,(H,16,17). The highest BCUT2D eigenvalue weighted by atomic mass is 31.2. The molecule has 0 saturated carbocycles. The molecule has 0 amide bonds. The average Bonchev–Trinajstić information content (AvgIpc) is 2.52. The molecule has 0 spiro atoms. The van der Waals surface area contributed by atoms with E-state index >= 15 is 0 Å². The Morgan fingerprint density at radius 2 is 1.39 bits per heavy atom. The molecule has 0 bridgehead atoms. The molecule has 1 atom stereocenters. The molecule has 8 heteroatoms. The van der Waals surface area contributed by atoms with E-state index in [9.17, 15) is 9.46 Å². The molecule has 0 aromatic rings. The first kappa shape index (κ1) is 23.0. The first-order chi connectivity index (χ1) is 11.1. The summed E-state index contributed by atoms with van der Waals surface area (Å²) in [5, 5.41) is 0. The van der Waals surface area contributed by atoms with E-state index in [0.717, 1.165) is 19.3 Å². The van der Waals surface area contributed by atoms with E-state index in [0.29, 0.717) is 19.8 Å². The molecule has 0 aliphatic rings. The summed E-state index contributed by atoms with van der Waals surface area (Å²) in [6.45, 7) is 6.07. The second-order valence-electron chi connectivity index (χ2n) is 5.13. The number of phosphoric acid groups is 1. The smallest absolute Gasteiger partial charge is 0.379 e. The Bertz CT molecular complexity index is 289. The van der Waals surface area contributed by atoms with Gasteiger partial charge < -0.3 is 14.4 Å². The predicted octanol–water partition coefficient (Wildman–Crippen LogP) is 3.86. The van der Waals surface area contributed by atoms with E-state index in [1.807, 2.05) is 6.92 Å². The van der Waals surface area contributed by atoms with Crippen molar-refractivity contribution in [3.63, 3.8) is 0 Å². The Morgan fingerprint density at radius 3 is 2.09 bits per heavy atom. The van der Waals surface area contributed by atoms with Gasteiger partial charge in [0.1, 0.15) is 0 Å². The summed E-state index contributed by atoms with van der Waals surface area (Å²) >= 11 is 0. The molecule has 0 radical (unpaired) electrons. The van der Waals surface area contributed by atoms with Gasteiger partial charge in [0.2, 0.25) is 0 Å². The number of unbranched alkanes of at least 4 members (excludes halogenated alkanes) is 6. The van der Waals surface area contributed by atoms with Gasteiger partial charge in [-0.15, -0.1) is 4.67 Å². The van der Waals surface area contributed by atoms with Crippen molar-refractivity contribution >= 4 is 7.82 Å². The molecule has 0 aliphatic carbocycles. The fraction of sp³-hybridized carbons (Fsp3) is 1.00. The summed E-state index contributed by atoms with van der Waals surface area (Å²) in [7, 11) is -4.16. The summed E-state index contributed by atoms with van der Waals surface area (Å²) in [6.07, 6.45) is 7.97. The number of ether oxygens (including phenoxy) is 2. The summed E-state index contributed by atoms with van der Waals surface area (Å²) in [4.78, 5) is 14.1. The van der Waals surface area contributed by atoms with Gasteiger partial charge in [-0.1, -0.05) is 45.4 Å². The Labute approximate surface area is 140 Å². The minimum absolute atomic E-state index is 0.0410. The van der Waals surface area contributed by atoms with Crippen molar-refractivity contribution in [1.82, 2.24) is 0 Å². The quantitative estimate of drug-likeness (QED) is 0.173. The van der Waals surface area contributed by atoms with Crippen molar-refractivity contribution in [2.45, 2.75) is 58.8 Å². The zero-order valence-electron chi connectivity index (χ0n) is 14.5. The molecule has 0 aromatic carbocycles. The Kier molecular flexibility index (Phi) is 16.8. The zero-order chi connectivity index (χ0) is 17.2. The van der Waals surface area contributed by atoms with Gasteiger partial charge in [-0.05, 0) is 13.3 Å². The first-order valence-electron chi connectivity index (χ1n) is 8.56. The number of hydrogen-bond donors (Lipinski definition) is 1. The van der Waals surface area contributed by atoms with Crippen molar-refractivity contribution in [3.8, 4) is 0 Å². The molecule has 0 rings (SSSR count). The van der Waals surface area contributed by atoms with Crippen LogP contribution in [-0.4, -0.2) is 44.5 Å². The third-order valence-corrected chi connectivity index (χ3v) is 3.84. The largest absolute Gasteiger partial charge is 0.499 e. The fourth-order valence-corrected chi connectivity index (χ4v) is 2.38. The van der Waals surface area contributed by atoms with Crippen LogP contribution in [0.4, 0.5) is 0 Å². The zero-order valence-corrected chi connectivity index (χ0v) is 15.4. The van der Waals surface area contributed by atoms with Crippen LogP contribution in [0.1, 0.15) is 58.8 Å². The van der Waals surface area contributed by atoms with Gasteiger partial charge in [0.15, 0.2) is 0 Å². The van der Waals surface area contributed by atoms with Crippen LogP contribution in [0.3, 0.4) is 0 Å². The molecule has 0 fully saturated rings. The molecule has 140 valence electrons. The van der Waals surface area contributed by atoms with Gasteiger partial charge in [-0.3, -0.25) is 4.52 Å². The van der Waals surface area contributed by atoms with Gasteiger partial charge in [-0.25, -0.2) is 9.45 Å². The van der Waals surface area contributed by atoms with Crippen molar-refractivity contribution in [2.75, 3.05) is 39.6 Å². The second-order valence-corrected chi connectivity index (χ2v) is 6.47. The van der Waals surface area contributed by atoms with Crippen molar-refractivity contribution in [3.05, 3.63) is 0 Å². The average molecular weight is 356 g/mol. The maximum atomic E-state index is 11.5. The number of hydrogen-bond acceptors (Lipinski definition) is 6. The SMILES string of the molecule is CCCCCCCCCOOP(=O)(O)OCCOCCOCC. The van der Waals surface area contributed by atoms with Crippen LogP contribution in [0.25, 0.3) is 0 Å². The molecule has 0 aliphatic heterocycles. The lowest BCUT2D eigenvalue weighted by Crippen LogP contribution is -2.09. The van der Waals surface area contributed by atoms with Crippen LogP contribution < -0.4 is 0 Å². The normalized spacial score (nSPS) is 14.0. The van der Waals surface area contributed by atoms with Crippen LogP contribution in [-0.2, 0) is 28.1 Å². The molecule has 1 unspecified atom stereocenters. The Morgan fingerprint density at radius 1 is 0.783 bits per heavy atom. The van der Waals surface area contributed by atoms with E-state index in [2.05, 4.69) is 11.6 Å². The molecule has 0 heterocycles. The minimum Gasteiger partial charge on any atom is -0.379 e. The molecule has 0 aromatic heterocycles. The van der Waals surface area contributed by atoms with Crippen LogP contribution in [0, 0.1) is 0 Å². The van der Waals surface area contributed by atoms with Crippen LogP contribution in [0.2, 0.25) is 0 Å². The third kappa shape index (κ3) is 18.2. The lowest BCUT2D eigenvalue weighted by Gasteiger charge is -2.11. The lowest BCUT2D eigenvalue weighted by atomic mass is 10.1. The van der Waals surface area contributed by atoms with Crippen LogP contribution >= 0.6 is 7.82 Å². The van der Waals surface area contributed by atoms with Gasteiger partial charge in [0.25, 0.3) is 0 Å². The summed E-state index contributed by atoms with van der Waals surface area (Å²) in [5.41, 5.74) is 0. The summed E-state index contributed by atoms with van der Waals surface area (Å²) in [6, 6.07) is 0. The minimum atomic E-state index is -4.16. The van der Waals surface area contributed by atoms with Crippen molar-refractivity contribution in [1.29, 1.82) is 0 Å². The van der Waals surface area contributed by atoms with Gasteiger partial charge in [0, 0.05) is 6.61 Å². The summed E-state index contributed by atoms with van der Waals surface area (Å²) in [5.74, 6) is 0. The molecule has 7 nitrogen and oxygen atoms in total. The van der Waals surface area contributed by atoms with Crippen molar-refractivity contribution in [2.24, 2.45) is 0 Å².